The zero-order valence-corrected chi connectivity index (χ0v) is 7.88. The molecule has 0 unspecified atom stereocenters. The summed E-state index contributed by atoms with van der Waals surface area (Å²) in [6.45, 7) is -0.268. The summed E-state index contributed by atoms with van der Waals surface area (Å²) in [5.41, 5.74) is 0.316. The van der Waals surface area contributed by atoms with Crippen LogP contribution in [0.25, 0.3) is 0 Å². The Hall–Kier alpha value is -1.65. The van der Waals surface area contributed by atoms with Crippen molar-refractivity contribution in [3.63, 3.8) is 0 Å². The molecule has 1 amide bonds. The third-order valence-electron chi connectivity index (χ3n) is 1.61. The highest BCUT2D eigenvalue weighted by molar-refractivity contribution is 5.92. The number of carbonyl (C=O) groups excluding carboxylic acids is 1. The van der Waals surface area contributed by atoms with E-state index in [1.165, 1.54) is 7.05 Å². The van der Waals surface area contributed by atoms with E-state index >= 15 is 0 Å². The third-order valence-corrected chi connectivity index (χ3v) is 1.61. The summed E-state index contributed by atoms with van der Waals surface area (Å²) in [7, 11) is 1.53. The van der Waals surface area contributed by atoms with Crippen LogP contribution in [0.1, 0.15) is 10.5 Å². The van der Waals surface area contributed by atoms with Crippen LogP contribution in [-0.4, -0.2) is 31.2 Å². The predicted molar refractivity (Wildman–Crippen MR) is 52.1 cm³/mol. The van der Waals surface area contributed by atoms with Gasteiger partial charge in [0.1, 0.15) is 18.2 Å². The summed E-state index contributed by atoms with van der Waals surface area (Å²) in [6.07, 6.45) is 0. The molecule has 0 atom stereocenters. The molecule has 0 saturated heterocycles. The first-order chi connectivity index (χ1) is 6.77. The SMILES string of the molecule is CNC(=O)c1cccc(NCCF)n1. The summed E-state index contributed by atoms with van der Waals surface area (Å²) in [4.78, 5) is 15.2. The van der Waals surface area contributed by atoms with Crippen molar-refractivity contribution in [3.05, 3.63) is 23.9 Å². The van der Waals surface area contributed by atoms with E-state index in [-0.39, 0.29) is 12.5 Å². The lowest BCUT2D eigenvalue weighted by molar-refractivity contribution is 0.0958. The molecule has 14 heavy (non-hydrogen) atoms. The number of hydrogen-bond donors (Lipinski definition) is 2. The van der Waals surface area contributed by atoms with Crippen LogP contribution in [-0.2, 0) is 0 Å². The first kappa shape index (κ1) is 10.4. The first-order valence-corrected chi connectivity index (χ1v) is 4.27. The summed E-state index contributed by atoms with van der Waals surface area (Å²) in [5.74, 6) is 0.248. The topological polar surface area (TPSA) is 54.0 Å². The second kappa shape index (κ2) is 5.16. The van der Waals surface area contributed by atoms with Crippen molar-refractivity contribution in [2.75, 3.05) is 25.6 Å². The van der Waals surface area contributed by atoms with Gasteiger partial charge in [-0.2, -0.15) is 0 Å². The summed E-state index contributed by atoms with van der Waals surface area (Å²) in [6, 6.07) is 4.97. The Morgan fingerprint density at radius 1 is 1.57 bits per heavy atom. The van der Waals surface area contributed by atoms with Crippen LogP contribution in [0, 0.1) is 0 Å². The minimum atomic E-state index is -0.466. The Balaban J connectivity index is 2.73. The number of pyridine rings is 1. The highest BCUT2D eigenvalue weighted by Crippen LogP contribution is 2.04. The number of aromatic nitrogens is 1. The number of anilines is 1. The fraction of sp³-hybridized carbons (Fsp3) is 0.333. The monoisotopic (exact) mass is 197 g/mol. The number of nitrogens with one attached hydrogen (secondary N) is 2. The molecule has 1 rings (SSSR count). The molecule has 4 nitrogen and oxygen atoms in total. The Morgan fingerprint density at radius 3 is 3.00 bits per heavy atom. The zero-order valence-electron chi connectivity index (χ0n) is 7.88. The van der Waals surface area contributed by atoms with E-state index in [1.807, 2.05) is 0 Å². The average molecular weight is 197 g/mol. The Bertz CT molecular complexity index is 317. The van der Waals surface area contributed by atoms with Gasteiger partial charge in [-0.3, -0.25) is 4.79 Å². The van der Waals surface area contributed by atoms with Crippen molar-refractivity contribution in [1.29, 1.82) is 0 Å². The maximum atomic E-state index is 11.8. The van der Waals surface area contributed by atoms with Crippen LogP contribution < -0.4 is 10.6 Å². The lowest BCUT2D eigenvalue weighted by Gasteiger charge is -2.04. The standard InChI is InChI=1S/C9H12FN3O/c1-11-9(14)7-3-2-4-8(13-7)12-6-5-10/h2-4H,5-6H2,1H3,(H,11,14)(H,12,13). The van der Waals surface area contributed by atoms with E-state index in [1.54, 1.807) is 18.2 Å². The van der Waals surface area contributed by atoms with Gasteiger partial charge in [0.15, 0.2) is 0 Å². The van der Waals surface area contributed by atoms with Crippen molar-refractivity contribution in [2.45, 2.75) is 0 Å². The van der Waals surface area contributed by atoms with E-state index in [0.717, 1.165) is 0 Å². The summed E-state index contributed by atoms with van der Waals surface area (Å²) >= 11 is 0. The van der Waals surface area contributed by atoms with Crippen LogP contribution in [0.3, 0.4) is 0 Å². The van der Waals surface area contributed by atoms with Crippen LogP contribution in [0.5, 0.6) is 0 Å². The minimum absolute atomic E-state index is 0.199. The normalized spacial score (nSPS) is 9.57. The van der Waals surface area contributed by atoms with E-state index in [4.69, 9.17) is 0 Å². The molecular formula is C9H12FN3O. The Kier molecular flexibility index (Phi) is 3.84. The van der Waals surface area contributed by atoms with E-state index in [9.17, 15) is 9.18 Å². The predicted octanol–water partition coefficient (Wildman–Crippen LogP) is 0.823. The number of alkyl halides is 1. The Labute approximate surface area is 81.5 Å². The fourth-order valence-electron chi connectivity index (χ4n) is 0.963. The van der Waals surface area contributed by atoms with Crippen molar-refractivity contribution >= 4 is 11.7 Å². The number of halogens is 1. The largest absolute Gasteiger partial charge is 0.367 e. The minimum Gasteiger partial charge on any atom is -0.367 e. The van der Waals surface area contributed by atoms with Crippen molar-refractivity contribution < 1.29 is 9.18 Å². The van der Waals surface area contributed by atoms with Gasteiger partial charge in [0.2, 0.25) is 0 Å². The molecule has 1 heterocycles. The van der Waals surface area contributed by atoms with Gasteiger partial charge in [0, 0.05) is 13.6 Å². The molecule has 0 aliphatic carbocycles. The number of carbonyl (C=O) groups is 1. The lowest BCUT2D eigenvalue weighted by atomic mass is 10.3. The molecular weight excluding hydrogens is 185 g/mol. The van der Waals surface area contributed by atoms with Gasteiger partial charge < -0.3 is 10.6 Å². The summed E-state index contributed by atoms with van der Waals surface area (Å²) < 4.78 is 11.8. The molecule has 0 saturated carbocycles. The molecule has 1 aromatic heterocycles. The molecule has 0 spiro atoms. The Morgan fingerprint density at radius 2 is 2.36 bits per heavy atom. The third kappa shape index (κ3) is 2.69. The maximum absolute atomic E-state index is 11.8. The van der Waals surface area contributed by atoms with Gasteiger partial charge in [-0.1, -0.05) is 6.07 Å². The van der Waals surface area contributed by atoms with Crippen molar-refractivity contribution in [2.24, 2.45) is 0 Å². The van der Waals surface area contributed by atoms with Gasteiger partial charge in [0.25, 0.3) is 5.91 Å². The molecule has 0 bridgehead atoms. The first-order valence-electron chi connectivity index (χ1n) is 4.27. The molecule has 76 valence electrons. The molecule has 0 radical (unpaired) electrons. The number of hydrogen-bond acceptors (Lipinski definition) is 3. The highest BCUT2D eigenvalue weighted by atomic mass is 19.1. The van der Waals surface area contributed by atoms with Gasteiger partial charge in [0.05, 0.1) is 0 Å². The van der Waals surface area contributed by atoms with Crippen LogP contribution in [0.2, 0.25) is 0 Å². The highest BCUT2D eigenvalue weighted by Gasteiger charge is 2.04. The fourth-order valence-corrected chi connectivity index (χ4v) is 0.963. The maximum Gasteiger partial charge on any atom is 0.269 e. The lowest BCUT2D eigenvalue weighted by Crippen LogP contribution is -2.19. The van der Waals surface area contributed by atoms with Crippen LogP contribution in [0.15, 0.2) is 18.2 Å². The van der Waals surface area contributed by atoms with E-state index in [2.05, 4.69) is 15.6 Å². The average Bonchev–Trinajstić information content (AvgIpc) is 2.25. The molecule has 2 N–H and O–H groups in total. The summed E-state index contributed by atoms with van der Waals surface area (Å²) in [5, 5.41) is 5.21. The number of rotatable bonds is 4. The number of nitrogens with zero attached hydrogens (tertiary/aromatic N) is 1. The van der Waals surface area contributed by atoms with Gasteiger partial charge in [-0.15, -0.1) is 0 Å². The van der Waals surface area contributed by atoms with Gasteiger partial charge in [-0.25, -0.2) is 9.37 Å². The molecule has 5 heteroatoms. The molecule has 1 aromatic rings. The zero-order chi connectivity index (χ0) is 10.4. The van der Waals surface area contributed by atoms with Crippen LogP contribution >= 0.6 is 0 Å². The molecule has 0 fully saturated rings. The van der Waals surface area contributed by atoms with E-state index in [0.29, 0.717) is 11.5 Å². The molecule has 0 aliphatic rings. The second-order valence-corrected chi connectivity index (χ2v) is 2.60. The van der Waals surface area contributed by atoms with Gasteiger partial charge in [-0.05, 0) is 12.1 Å². The second-order valence-electron chi connectivity index (χ2n) is 2.60. The molecule has 0 aliphatic heterocycles. The van der Waals surface area contributed by atoms with Crippen LogP contribution in [0.4, 0.5) is 10.2 Å². The smallest absolute Gasteiger partial charge is 0.269 e. The van der Waals surface area contributed by atoms with Crippen molar-refractivity contribution in [3.8, 4) is 0 Å². The number of amides is 1. The van der Waals surface area contributed by atoms with E-state index < -0.39 is 6.67 Å². The van der Waals surface area contributed by atoms with Gasteiger partial charge >= 0.3 is 0 Å². The quantitative estimate of drug-likeness (QED) is 0.751. The molecule has 0 aromatic carbocycles. The van der Waals surface area contributed by atoms with Crippen molar-refractivity contribution in [1.82, 2.24) is 10.3 Å².